The van der Waals surface area contributed by atoms with E-state index < -0.39 is 0 Å². The average Bonchev–Trinajstić information content (AvgIpc) is 3.88. The summed E-state index contributed by atoms with van der Waals surface area (Å²) in [5.41, 5.74) is 4.42. The van der Waals surface area contributed by atoms with Crippen LogP contribution in [-0.2, 0) is 11.2 Å². The third-order valence-corrected chi connectivity index (χ3v) is 8.28. The zero-order chi connectivity index (χ0) is 39.1. The molecule has 0 bridgehead atoms. The van der Waals surface area contributed by atoms with Crippen LogP contribution in [0.5, 0.6) is 5.88 Å². The Bertz CT molecular complexity index is 1260. The first kappa shape index (κ1) is 50.2. The predicted octanol–water partition coefficient (Wildman–Crippen LogP) is 14.9. The number of benzene rings is 1. The first-order chi connectivity index (χ1) is 24.4. The molecule has 2 aromatic rings. The summed E-state index contributed by atoms with van der Waals surface area (Å²) in [6, 6.07) is 10.5. The number of allylic oxidation sites excluding steroid dienone is 5. The third kappa shape index (κ3) is 24.0. The van der Waals surface area contributed by atoms with Crippen molar-refractivity contribution < 1.29 is 9.47 Å². The molecule has 1 aromatic carbocycles. The van der Waals surface area contributed by atoms with E-state index in [0.717, 1.165) is 54.3 Å². The molecular weight excluding hydrogens is 650 g/mol. The number of aryl methyl sites for hydroxylation is 2. The molecule has 1 heterocycles. The van der Waals surface area contributed by atoms with E-state index in [1.165, 1.54) is 50.4 Å². The van der Waals surface area contributed by atoms with Crippen LogP contribution in [0.3, 0.4) is 0 Å². The number of halogens is 1. The highest BCUT2D eigenvalue weighted by Gasteiger charge is 2.41. The van der Waals surface area contributed by atoms with Crippen LogP contribution in [-0.4, -0.2) is 27.9 Å². The Kier molecular flexibility index (Phi) is 31.3. The smallest absolute Gasteiger partial charge is 0.243 e. The Morgan fingerprint density at radius 3 is 1.90 bits per heavy atom. The molecule has 5 nitrogen and oxygen atoms in total. The normalized spacial score (nSPS) is 14.2. The Labute approximate surface area is 320 Å². The van der Waals surface area contributed by atoms with Gasteiger partial charge in [-0.3, -0.25) is 0 Å². The van der Waals surface area contributed by atoms with Crippen molar-refractivity contribution in [1.29, 1.82) is 0 Å². The third-order valence-electron chi connectivity index (χ3n) is 7.96. The van der Waals surface area contributed by atoms with Gasteiger partial charge in [-0.15, -0.1) is 0 Å². The molecule has 290 valence electrons. The van der Waals surface area contributed by atoms with Gasteiger partial charge in [0.25, 0.3) is 0 Å². The van der Waals surface area contributed by atoms with Gasteiger partial charge in [0.05, 0.1) is 17.3 Å². The molecule has 1 aliphatic rings. The van der Waals surface area contributed by atoms with Gasteiger partial charge in [-0.25, -0.2) is 9.98 Å². The number of aromatic nitrogens is 2. The molecule has 1 aromatic heterocycles. The van der Waals surface area contributed by atoms with Gasteiger partial charge in [-0.1, -0.05) is 156 Å². The molecule has 0 N–H and O–H groups in total. The van der Waals surface area contributed by atoms with E-state index in [1.807, 2.05) is 45.1 Å². The number of rotatable bonds is 15. The van der Waals surface area contributed by atoms with Crippen molar-refractivity contribution in [3.63, 3.8) is 0 Å². The summed E-state index contributed by atoms with van der Waals surface area (Å²) in [5, 5.41) is 0.587. The summed E-state index contributed by atoms with van der Waals surface area (Å²) in [6.45, 7) is 30.2. The second-order valence-electron chi connectivity index (χ2n) is 13.2. The number of nitrogens with zero attached hydrogens (tertiary/aromatic N) is 3. The molecule has 1 atom stereocenters. The summed E-state index contributed by atoms with van der Waals surface area (Å²) in [5.74, 6) is 2.22. The van der Waals surface area contributed by atoms with Gasteiger partial charge >= 0.3 is 0 Å². The molecule has 0 aliphatic heterocycles. The van der Waals surface area contributed by atoms with Crippen molar-refractivity contribution in [2.75, 3.05) is 6.61 Å². The maximum Gasteiger partial charge on any atom is 0.243 e. The monoisotopic (exact) mass is 726 g/mol. The first-order valence-electron chi connectivity index (χ1n) is 19.9. The fourth-order valence-electron chi connectivity index (χ4n) is 4.11. The van der Waals surface area contributed by atoms with Crippen LogP contribution in [0.1, 0.15) is 165 Å². The highest BCUT2D eigenvalue weighted by atomic mass is 35.5. The van der Waals surface area contributed by atoms with Gasteiger partial charge in [0.2, 0.25) is 5.88 Å². The minimum absolute atomic E-state index is 0.143. The lowest BCUT2D eigenvalue weighted by Crippen LogP contribution is -2.14. The summed E-state index contributed by atoms with van der Waals surface area (Å²) < 4.78 is 11.8. The lowest BCUT2D eigenvalue weighted by atomic mass is 10.0. The molecule has 1 aliphatic carbocycles. The molecular formula is C45H76ClN3O2. The van der Waals surface area contributed by atoms with E-state index in [9.17, 15) is 0 Å². The van der Waals surface area contributed by atoms with Crippen LogP contribution in [0.15, 0.2) is 76.2 Å². The van der Waals surface area contributed by atoms with Crippen molar-refractivity contribution >= 4 is 23.0 Å². The van der Waals surface area contributed by atoms with Gasteiger partial charge in [-0.2, -0.15) is 4.98 Å². The van der Waals surface area contributed by atoms with Gasteiger partial charge in [0.15, 0.2) is 0 Å². The van der Waals surface area contributed by atoms with Crippen molar-refractivity contribution in [1.82, 2.24) is 9.97 Å². The summed E-state index contributed by atoms with van der Waals surface area (Å²) >= 11 is 6.66. The van der Waals surface area contributed by atoms with Crippen molar-refractivity contribution in [2.45, 2.75) is 173 Å². The minimum Gasteiger partial charge on any atom is -0.494 e. The van der Waals surface area contributed by atoms with E-state index >= 15 is 0 Å². The van der Waals surface area contributed by atoms with Crippen molar-refractivity contribution in [2.24, 2.45) is 10.9 Å². The number of ether oxygens (including phenoxy) is 2. The Morgan fingerprint density at radius 2 is 1.51 bits per heavy atom. The largest absolute Gasteiger partial charge is 0.494 e. The summed E-state index contributed by atoms with van der Waals surface area (Å²) in [7, 11) is 0. The van der Waals surface area contributed by atoms with Crippen LogP contribution in [0.4, 0.5) is 5.69 Å². The van der Waals surface area contributed by atoms with Crippen molar-refractivity contribution in [3.8, 4) is 5.88 Å². The lowest BCUT2D eigenvalue weighted by Gasteiger charge is -2.16. The maximum atomic E-state index is 6.66. The second-order valence-corrected chi connectivity index (χ2v) is 13.6. The molecule has 0 saturated heterocycles. The lowest BCUT2D eigenvalue weighted by molar-refractivity contribution is 0.192. The standard InChI is InChI=1S/C23H32ClN3O2.C8H10.C7H16.C4H10.C3H8/c1-7-13-28-17(8-2)14-19(24)18(9-3)20(10-4)27-21-16(5)25-15-26-22(21)29-23(6)11-12-23;1-2-8-6-4-3-5-7-8;1-4-6-7(3)5-2;1-3-4-2;1-3-2/h8-9,14-15H,7,10-13H2,1-6H3;3-7H,2H2,1H3;7H,4-6H2,1-3H3;3-4H2,1-2H3;3H2,1-2H3/b17-8+,18-9+,19-14+,27-20?;;;;. The van der Waals surface area contributed by atoms with E-state index in [0.29, 0.717) is 29.6 Å². The predicted molar refractivity (Wildman–Crippen MR) is 227 cm³/mol. The number of hydrogen-bond acceptors (Lipinski definition) is 5. The van der Waals surface area contributed by atoms with Crippen LogP contribution in [0, 0.1) is 12.8 Å². The van der Waals surface area contributed by atoms with Gasteiger partial charge in [0, 0.05) is 11.3 Å². The number of aliphatic imine (C=N–C) groups is 1. The molecule has 0 spiro atoms. The average molecular weight is 727 g/mol. The minimum atomic E-state index is -0.143. The number of unbranched alkanes of at least 4 members (excludes halogenated alkanes) is 1. The van der Waals surface area contributed by atoms with Gasteiger partial charge in [-0.05, 0) is 83.4 Å². The quantitative estimate of drug-likeness (QED) is 0.104. The molecule has 1 unspecified atom stereocenters. The Hall–Kier alpha value is -2.92. The van der Waals surface area contributed by atoms with Gasteiger partial charge < -0.3 is 9.47 Å². The molecule has 51 heavy (non-hydrogen) atoms. The van der Waals surface area contributed by atoms with E-state index in [4.69, 9.17) is 26.1 Å². The SMILES string of the molecule is CCC.CCCC.CCCC(C)CC.CCc1ccccc1.C\C=C(C(CC)=Nc1c(C)ncnc1OC1(C)CC1)/C(Cl)=C\C(=C/C)OCCC. The van der Waals surface area contributed by atoms with Crippen LogP contribution < -0.4 is 4.74 Å². The molecule has 0 radical (unpaired) electrons. The van der Waals surface area contributed by atoms with Crippen LogP contribution in [0.2, 0.25) is 0 Å². The summed E-state index contributed by atoms with van der Waals surface area (Å²) in [6.07, 6.45) is 20.0. The highest BCUT2D eigenvalue weighted by molar-refractivity contribution is 6.36. The van der Waals surface area contributed by atoms with Crippen LogP contribution >= 0.6 is 11.6 Å². The molecule has 6 heteroatoms. The van der Waals surface area contributed by atoms with Crippen LogP contribution in [0.25, 0.3) is 0 Å². The molecule has 3 rings (SSSR count). The first-order valence-corrected chi connectivity index (χ1v) is 20.3. The van der Waals surface area contributed by atoms with Gasteiger partial charge in [0.1, 0.15) is 23.4 Å². The zero-order valence-electron chi connectivity index (χ0n) is 35.3. The fourth-order valence-corrected chi connectivity index (χ4v) is 4.43. The second kappa shape index (κ2) is 31.8. The maximum absolute atomic E-state index is 6.66. The highest BCUT2D eigenvalue weighted by Crippen LogP contribution is 2.42. The molecule has 1 fully saturated rings. The van der Waals surface area contributed by atoms with E-state index in [-0.39, 0.29) is 5.60 Å². The Morgan fingerprint density at radius 1 is 0.902 bits per heavy atom. The number of hydrogen-bond donors (Lipinski definition) is 0. The van der Waals surface area contributed by atoms with Crippen molar-refractivity contribution in [3.05, 3.63) is 82.5 Å². The van der Waals surface area contributed by atoms with E-state index in [2.05, 4.69) is 110 Å². The summed E-state index contributed by atoms with van der Waals surface area (Å²) in [4.78, 5) is 13.5. The topological polar surface area (TPSA) is 56.6 Å². The van der Waals surface area contributed by atoms with E-state index in [1.54, 1.807) is 0 Å². The zero-order valence-corrected chi connectivity index (χ0v) is 36.1. The molecule has 0 amide bonds. The molecule has 1 saturated carbocycles. The fraction of sp³-hybridized carbons (Fsp3) is 0.622. The Balaban J connectivity index is 0.